The van der Waals surface area contributed by atoms with E-state index in [4.69, 9.17) is 4.74 Å². The summed E-state index contributed by atoms with van der Waals surface area (Å²) in [6.07, 6.45) is 3.04. The third-order valence-corrected chi connectivity index (χ3v) is 6.77. The summed E-state index contributed by atoms with van der Waals surface area (Å²) < 4.78 is 32.0. The molecule has 2 aliphatic heterocycles. The van der Waals surface area contributed by atoms with Crippen LogP contribution in [0.1, 0.15) is 19.3 Å². The Kier molecular flexibility index (Phi) is 5.61. The first-order chi connectivity index (χ1) is 12.0. The first-order valence-corrected chi connectivity index (χ1v) is 10.1. The Bertz CT molecular complexity index is 691. The smallest absolute Gasteiger partial charge is 0.243 e. The summed E-state index contributed by atoms with van der Waals surface area (Å²) in [5.74, 6) is 0.718. The maximum absolute atomic E-state index is 12.7. The molecular weight excluding hydrogens is 342 g/mol. The summed E-state index contributed by atoms with van der Waals surface area (Å²) >= 11 is 0. The number of carbonyl (C=O) groups is 1. The van der Waals surface area contributed by atoms with E-state index in [1.54, 1.807) is 36.3 Å². The van der Waals surface area contributed by atoms with Crippen LogP contribution >= 0.6 is 0 Å². The van der Waals surface area contributed by atoms with Crippen molar-refractivity contribution in [2.45, 2.75) is 30.2 Å². The number of rotatable bonds is 4. The molecule has 1 aromatic carbocycles. The molecule has 2 heterocycles. The van der Waals surface area contributed by atoms with Crippen LogP contribution in [0.5, 0.6) is 5.75 Å². The highest BCUT2D eigenvalue weighted by molar-refractivity contribution is 7.89. The van der Waals surface area contributed by atoms with Crippen molar-refractivity contribution >= 4 is 15.9 Å². The van der Waals surface area contributed by atoms with Gasteiger partial charge in [0.15, 0.2) is 0 Å². The topological polar surface area (TPSA) is 79.0 Å². The molecule has 0 radical (unpaired) electrons. The lowest BCUT2D eigenvalue weighted by atomic mass is 10.0. The van der Waals surface area contributed by atoms with Crippen LogP contribution in [-0.4, -0.2) is 69.4 Å². The third kappa shape index (κ3) is 3.96. The van der Waals surface area contributed by atoms with Crippen LogP contribution < -0.4 is 10.1 Å². The normalized spacial score (nSPS) is 22.6. The van der Waals surface area contributed by atoms with Gasteiger partial charge < -0.3 is 15.0 Å². The number of methoxy groups -OCH3 is 1. The monoisotopic (exact) mass is 367 g/mol. The number of piperidine rings is 1. The number of sulfonamides is 1. The number of amides is 1. The molecule has 1 atom stereocenters. The minimum absolute atomic E-state index is 0.0983. The molecule has 0 aliphatic carbocycles. The number of hydrogen-bond donors (Lipinski definition) is 1. The number of nitrogens with zero attached hydrogens (tertiary/aromatic N) is 2. The number of ether oxygens (including phenoxy) is 1. The second-order valence-electron chi connectivity index (χ2n) is 6.41. The SMILES string of the molecule is COc1ccc(S(=O)(=O)N2CCN(C(=O)C3CCCCN3)CC2)cc1. The Morgan fingerprint density at radius 2 is 1.80 bits per heavy atom. The molecule has 0 saturated carbocycles. The van der Waals surface area contributed by atoms with Crippen LogP contribution in [-0.2, 0) is 14.8 Å². The Labute approximate surface area is 149 Å². The minimum atomic E-state index is -3.54. The molecule has 1 N–H and O–H groups in total. The largest absolute Gasteiger partial charge is 0.497 e. The molecule has 1 unspecified atom stereocenters. The summed E-state index contributed by atoms with van der Waals surface area (Å²) in [4.78, 5) is 14.6. The number of carbonyl (C=O) groups excluding carboxylic acids is 1. The van der Waals surface area contributed by atoms with Crippen LogP contribution in [0.4, 0.5) is 0 Å². The van der Waals surface area contributed by atoms with Gasteiger partial charge in [-0.15, -0.1) is 0 Å². The highest BCUT2D eigenvalue weighted by Gasteiger charge is 2.32. The van der Waals surface area contributed by atoms with Crippen molar-refractivity contribution < 1.29 is 17.9 Å². The van der Waals surface area contributed by atoms with E-state index >= 15 is 0 Å². The Morgan fingerprint density at radius 1 is 1.12 bits per heavy atom. The van der Waals surface area contributed by atoms with E-state index < -0.39 is 10.0 Å². The van der Waals surface area contributed by atoms with Gasteiger partial charge in [0.25, 0.3) is 0 Å². The molecule has 25 heavy (non-hydrogen) atoms. The van der Waals surface area contributed by atoms with E-state index in [1.165, 1.54) is 4.31 Å². The zero-order chi connectivity index (χ0) is 17.9. The first-order valence-electron chi connectivity index (χ1n) is 8.69. The van der Waals surface area contributed by atoms with Gasteiger partial charge in [-0.3, -0.25) is 4.79 Å². The van der Waals surface area contributed by atoms with E-state index in [2.05, 4.69) is 5.32 Å². The standard InChI is InChI=1S/C17H25N3O4S/c1-24-14-5-7-15(8-6-14)25(22,23)20-12-10-19(11-13-20)17(21)16-4-2-3-9-18-16/h5-8,16,18H,2-4,9-13H2,1H3. The highest BCUT2D eigenvalue weighted by Crippen LogP contribution is 2.21. The van der Waals surface area contributed by atoms with E-state index in [9.17, 15) is 13.2 Å². The van der Waals surface area contributed by atoms with E-state index in [0.717, 1.165) is 25.8 Å². The molecular formula is C17H25N3O4S. The van der Waals surface area contributed by atoms with Crippen molar-refractivity contribution in [3.8, 4) is 5.75 Å². The van der Waals surface area contributed by atoms with Crippen molar-refractivity contribution in [3.05, 3.63) is 24.3 Å². The van der Waals surface area contributed by atoms with Crippen molar-refractivity contribution in [2.75, 3.05) is 39.8 Å². The van der Waals surface area contributed by atoms with Gasteiger partial charge >= 0.3 is 0 Å². The maximum atomic E-state index is 12.7. The lowest BCUT2D eigenvalue weighted by Crippen LogP contribution is -2.55. The highest BCUT2D eigenvalue weighted by atomic mass is 32.2. The molecule has 2 aliphatic rings. The van der Waals surface area contributed by atoms with Gasteiger partial charge in [0.2, 0.25) is 15.9 Å². The second-order valence-corrected chi connectivity index (χ2v) is 8.35. The lowest BCUT2D eigenvalue weighted by Gasteiger charge is -2.36. The Balaban J connectivity index is 1.61. The Hall–Kier alpha value is -1.64. The number of hydrogen-bond acceptors (Lipinski definition) is 5. The third-order valence-electron chi connectivity index (χ3n) is 4.86. The fourth-order valence-corrected chi connectivity index (χ4v) is 4.75. The summed E-state index contributed by atoms with van der Waals surface area (Å²) in [5, 5.41) is 3.26. The molecule has 1 amide bonds. The minimum Gasteiger partial charge on any atom is -0.497 e. The summed E-state index contributed by atoms with van der Waals surface area (Å²) in [7, 11) is -1.99. The predicted octanol–water partition coefficient (Wildman–Crippen LogP) is 0.670. The van der Waals surface area contributed by atoms with E-state index in [1.807, 2.05) is 0 Å². The molecule has 3 rings (SSSR count). The molecule has 0 bridgehead atoms. The summed E-state index contributed by atoms with van der Waals surface area (Å²) in [6.45, 7) is 2.40. The van der Waals surface area contributed by atoms with Crippen LogP contribution in [0.15, 0.2) is 29.2 Å². The molecule has 8 heteroatoms. The predicted molar refractivity (Wildman–Crippen MR) is 94.0 cm³/mol. The van der Waals surface area contributed by atoms with Gasteiger partial charge in [-0.1, -0.05) is 6.42 Å². The summed E-state index contributed by atoms with van der Waals surface area (Å²) in [6, 6.07) is 6.27. The van der Waals surface area contributed by atoms with Crippen molar-refractivity contribution in [3.63, 3.8) is 0 Å². The van der Waals surface area contributed by atoms with Crippen LogP contribution in [0.2, 0.25) is 0 Å². The molecule has 0 spiro atoms. The number of benzene rings is 1. The van der Waals surface area contributed by atoms with Crippen LogP contribution in [0, 0.1) is 0 Å². The average Bonchev–Trinajstić information content (AvgIpc) is 2.68. The average molecular weight is 367 g/mol. The van der Waals surface area contributed by atoms with Crippen LogP contribution in [0.3, 0.4) is 0 Å². The molecule has 2 fully saturated rings. The molecule has 2 saturated heterocycles. The second kappa shape index (κ2) is 7.72. The maximum Gasteiger partial charge on any atom is 0.243 e. The van der Waals surface area contributed by atoms with Crippen LogP contribution in [0.25, 0.3) is 0 Å². The fraction of sp³-hybridized carbons (Fsp3) is 0.588. The van der Waals surface area contributed by atoms with Gasteiger partial charge in [-0.2, -0.15) is 4.31 Å². The fourth-order valence-electron chi connectivity index (χ4n) is 3.33. The van der Waals surface area contributed by atoms with E-state index in [-0.39, 0.29) is 16.8 Å². The zero-order valence-electron chi connectivity index (χ0n) is 14.5. The molecule has 7 nitrogen and oxygen atoms in total. The number of piperazine rings is 1. The van der Waals surface area contributed by atoms with Gasteiger partial charge in [0.05, 0.1) is 18.0 Å². The van der Waals surface area contributed by atoms with E-state index in [0.29, 0.717) is 31.9 Å². The molecule has 138 valence electrons. The van der Waals surface area contributed by atoms with Gasteiger partial charge in [-0.05, 0) is 43.7 Å². The summed E-state index contributed by atoms with van der Waals surface area (Å²) in [5.41, 5.74) is 0. The Morgan fingerprint density at radius 3 is 2.36 bits per heavy atom. The number of nitrogens with one attached hydrogen (secondary N) is 1. The first kappa shape index (κ1) is 18.2. The van der Waals surface area contributed by atoms with Gasteiger partial charge in [0, 0.05) is 26.2 Å². The van der Waals surface area contributed by atoms with Gasteiger partial charge in [-0.25, -0.2) is 8.42 Å². The van der Waals surface area contributed by atoms with Crippen molar-refractivity contribution in [1.29, 1.82) is 0 Å². The quantitative estimate of drug-likeness (QED) is 0.846. The van der Waals surface area contributed by atoms with Crippen molar-refractivity contribution in [1.82, 2.24) is 14.5 Å². The molecule has 1 aromatic rings. The van der Waals surface area contributed by atoms with Gasteiger partial charge in [0.1, 0.15) is 5.75 Å². The zero-order valence-corrected chi connectivity index (χ0v) is 15.3. The lowest BCUT2D eigenvalue weighted by molar-refractivity contribution is -0.135. The molecule has 0 aromatic heterocycles. The van der Waals surface area contributed by atoms with Crippen molar-refractivity contribution in [2.24, 2.45) is 0 Å².